The van der Waals surface area contributed by atoms with E-state index in [2.05, 4.69) is 15.1 Å². The van der Waals surface area contributed by atoms with Crippen LogP contribution in [0.3, 0.4) is 0 Å². The number of benzene rings is 1. The number of piperidine rings is 1. The average molecular weight is 376 g/mol. The molecule has 8 heteroatoms. The van der Waals surface area contributed by atoms with E-state index in [1.54, 1.807) is 32.4 Å². The zero-order valence-electron chi connectivity index (χ0n) is 15.3. The smallest absolute Gasteiger partial charge is 0.256 e. The molecule has 1 atom stereocenters. The maximum Gasteiger partial charge on any atom is 0.256 e. The monoisotopic (exact) mass is 376 g/mol. The van der Waals surface area contributed by atoms with Crippen LogP contribution in [0.15, 0.2) is 35.4 Å². The van der Waals surface area contributed by atoms with Gasteiger partial charge < -0.3 is 9.80 Å². The van der Waals surface area contributed by atoms with Crippen LogP contribution >= 0.6 is 0 Å². The normalized spacial score (nSPS) is 18.0. The van der Waals surface area contributed by atoms with Gasteiger partial charge in [-0.1, -0.05) is 12.1 Å². The Morgan fingerprint density at radius 1 is 1.31 bits per heavy atom. The zero-order chi connectivity index (χ0) is 18.9. The van der Waals surface area contributed by atoms with E-state index in [0.29, 0.717) is 17.0 Å². The Kier molecular flexibility index (Phi) is 5.04. The Hall–Kier alpha value is -2.35. The van der Waals surface area contributed by atoms with Gasteiger partial charge in [-0.15, -0.1) is 0 Å². The number of rotatable bonds is 4. The number of sulfone groups is 1. The van der Waals surface area contributed by atoms with Gasteiger partial charge in [-0.25, -0.2) is 8.42 Å². The third-order valence-electron chi connectivity index (χ3n) is 4.74. The lowest BCUT2D eigenvalue weighted by Gasteiger charge is -2.35. The molecule has 1 aromatic heterocycles. The number of carbonyl (C=O) groups excluding carboxylic acids is 1. The summed E-state index contributed by atoms with van der Waals surface area (Å²) in [7, 11) is 0.124. The van der Waals surface area contributed by atoms with Crippen molar-refractivity contribution in [2.45, 2.75) is 23.7 Å². The Morgan fingerprint density at radius 2 is 2.04 bits per heavy atom. The van der Waals surface area contributed by atoms with Crippen molar-refractivity contribution in [1.29, 1.82) is 0 Å². The van der Waals surface area contributed by atoms with Gasteiger partial charge in [0.05, 0.1) is 28.0 Å². The summed E-state index contributed by atoms with van der Waals surface area (Å²) >= 11 is 0. The van der Waals surface area contributed by atoms with E-state index in [4.69, 9.17) is 0 Å². The molecular weight excluding hydrogens is 352 g/mol. The fraction of sp³-hybridized carbons (Fsp3) is 0.444. The van der Waals surface area contributed by atoms with Crippen molar-refractivity contribution in [1.82, 2.24) is 15.1 Å². The third kappa shape index (κ3) is 3.60. The predicted molar refractivity (Wildman–Crippen MR) is 100 cm³/mol. The maximum atomic E-state index is 12.4. The standard InChI is InChI=1S/C18H24N4O3S/c1-21(2)18(23)14-11-19-20-17(14)13-7-6-10-22(12-13)15-8-4-5-9-16(15)26(3,24)25/h4-5,8-9,11,13H,6-7,10,12H2,1-3H3,(H,19,20). The molecule has 0 saturated carbocycles. The summed E-state index contributed by atoms with van der Waals surface area (Å²) in [5.74, 6) is 0.0141. The number of aromatic nitrogens is 2. The van der Waals surface area contributed by atoms with Crippen LogP contribution in [0.5, 0.6) is 0 Å². The van der Waals surface area contributed by atoms with Crippen LogP contribution in [0.1, 0.15) is 34.8 Å². The third-order valence-corrected chi connectivity index (χ3v) is 5.88. The Labute approximate surface area is 153 Å². The van der Waals surface area contributed by atoms with Crippen molar-refractivity contribution in [3.8, 4) is 0 Å². The Morgan fingerprint density at radius 3 is 2.73 bits per heavy atom. The minimum absolute atomic E-state index is 0.0811. The van der Waals surface area contributed by atoms with Crippen LogP contribution in [0.4, 0.5) is 5.69 Å². The molecule has 7 nitrogen and oxygen atoms in total. The fourth-order valence-electron chi connectivity index (χ4n) is 3.48. The van der Waals surface area contributed by atoms with Gasteiger partial charge in [-0.2, -0.15) is 5.10 Å². The first-order valence-electron chi connectivity index (χ1n) is 8.58. The van der Waals surface area contributed by atoms with Gasteiger partial charge in [0.15, 0.2) is 9.84 Å². The number of hydrogen-bond acceptors (Lipinski definition) is 5. The summed E-state index contributed by atoms with van der Waals surface area (Å²) in [4.78, 5) is 16.3. The number of para-hydroxylation sites is 1. The average Bonchev–Trinajstić information content (AvgIpc) is 3.10. The van der Waals surface area contributed by atoms with Crippen LogP contribution in [0.25, 0.3) is 0 Å². The SMILES string of the molecule is CN(C)C(=O)c1cn[nH]c1C1CCCN(c2ccccc2S(C)(=O)=O)C1. The van der Waals surface area contributed by atoms with Crippen molar-refractivity contribution in [3.05, 3.63) is 41.7 Å². The van der Waals surface area contributed by atoms with Crippen LogP contribution in [0.2, 0.25) is 0 Å². The summed E-state index contributed by atoms with van der Waals surface area (Å²) in [6, 6.07) is 7.08. The summed E-state index contributed by atoms with van der Waals surface area (Å²) in [6.45, 7) is 1.43. The molecule has 3 rings (SSSR count). The number of nitrogens with zero attached hydrogens (tertiary/aromatic N) is 3. The predicted octanol–water partition coefficient (Wildman–Crippen LogP) is 1.90. The molecule has 0 bridgehead atoms. The van der Waals surface area contributed by atoms with E-state index in [-0.39, 0.29) is 11.8 Å². The van der Waals surface area contributed by atoms with Crippen molar-refractivity contribution in [2.24, 2.45) is 0 Å². The second kappa shape index (κ2) is 7.11. The van der Waals surface area contributed by atoms with Gasteiger partial charge >= 0.3 is 0 Å². The van der Waals surface area contributed by atoms with E-state index in [1.807, 2.05) is 12.1 Å². The molecule has 26 heavy (non-hydrogen) atoms. The number of aromatic amines is 1. The topological polar surface area (TPSA) is 86.4 Å². The Balaban J connectivity index is 1.91. The van der Waals surface area contributed by atoms with Crippen LogP contribution in [-0.4, -0.2) is 62.9 Å². The number of carbonyl (C=O) groups is 1. The zero-order valence-corrected chi connectivity index (χ0v) is 16.1. The number of anilines is 1. The molecular formula is C18H24N4O3S. The number of hydrogen-bond donors (Lipinski definition) is 1. The van der Waals surface area contributed by atoms with E-state index in [1.165, 1.54) is 11.2 Å². The minimum atomic E-state index is -3.31. The number of H-pyrrole nitrogens is 1. The first kappa shape index (κ1) is 18.4. The molecule has 1 aliphatic heterocycles. The fourth-order valence-corrected chi connectivity index (χ4v) is 4.38. The second-order valence-electron chi connectivity index (χ2n) is 6.92. The van der Waals surface area contributed by atoms with Crippen molar-refractivity contribution >= 4 is 21.4 Å². The lowest BCUT2D eigenvalue weighted by atomic mass is 9.92. The molecule has 1 unspecified atom stereocenters. The molecule has 1 amide bonds. The van der Waals surface area contributed by atoms with Gasteiger partial charge in [0, 0.05) is 39.4 Å². The van der Waals surface area contributed by atoms with Gasteiger partial charge in [0.2, 0.25) is 0 Å². The molecule has 1 fully saturated rings. The van der Waals surface area contributed by atoms with Crippen LogP contribution in [0, 0.1) is 0 Å². The molecule has 0 aliphatic carbocycles. The molecule has 1 aliphatic rings. The van der Waals surface area contributed by atoms with Gasteiger partial charge in [-0.3, -0.25) is 9.89 Å². The molecule has 0 spiro atoms. The van der Waals surface area contributed by atoms with Crippen molar-refractivity contribution in [3.63, 3.8) is 0 Å². The lowest BCUT2D eigenvalue weighted by Crippen LogP contribution is -2.36. The van der Waals surface area contributed by atoms with Crippen LogP contribution < -0.4 is 4.90 Å². The van der Waals surface area contributed by atoms with E-state index in [0.717, 1.165) is 30.8 Å². The number of nitrogens with one attached hydrogen (secondary N) is 1. The highest BCUT2D eigenvalue weighted by Crippen LogP contribution is 2.33. The first-order chi connectivity index (χ1) is 12.3. The highest BCUT2D eigenvalue weighted by Gasteiger charge is 2.29. The Bertz CT molecular complexity index is 905. The van der Waals surface area contributed by atoms with E-state index >= 15 is 0 Å². The largest absolute Gasteiger partial charge is 0.370 e. The van der Waals surface area contributed by atoms with E-state index in [9.17, 15) is 13.2 Å². The summed E-state index contributed by atoms with van der Waals surface area (Å²) < 4.78 is 24.3. The summed E-state index contributed by atoms with van der Waals surface area (Å²) in [6.07, 6.45) is 4.64. The highest BCUT2D eigenvalue weighted by molar-refractivity contribution is 7.90. The van der Waals surface area contributed by atoms with Gasteiger partial charge in [-0.05, 0) is 25.0 Å². The van der Waals surface area contributed by atoms with Gasteiger partial charge in [0.25, 0.3) is 5.91 Å². The van der Waals surface area contributed by atoms with E-state index < -0.39 is 9.84 Å². The number of amides is 1. The second-order valence-corrected chi connectivity index (χ2v) is 8.91. The molecule has 1 N–H and O–H groups in total. The quantitative estimate of drug-likeness (QED) is 0.881. The highest BCUT2D eigenvalue weighted by atomic mass is 32.2. The molecule has 2 aromatic rings. The van der Waals surface area contributed by atoms with Gasteiger partial charge in [0.1, 0.15) is 0 Å². The van der Waals surface area contributed by atoms with Crippen molar-refractivity contribution < 1.29 is 13.2 Å². The first-order valence-corrected chi connectivity index (χ1v) is 10.5. The summed E-state index contributed by atoms with van der Waals surface area (Å²) in [5.41, 5.74) is 2.13. The maximum absolute atomic E-state index is 12.4. The minimum Gasteiger partial charge on any atom is -0.370 e. The summed E-state index contributed by atoms with van der Waals surface area (Å²) in [5, 5.41) is 7.05. The lowest BCUT2D eigenvalue weighted by molar-refractivity contribution is 0.0826. The molecule has 140 valence electrons. The van der Waals surface area contributed by atoms with Crippen LogP contribution in [-0.2, 0) is 9.84 Å². The molecule has 0 radical (unpaired) electrons. The van der Waals surface area contributed by atoms with Crippen molar-refractivity contribution in [2.75, 3.05) is 38.3 Å². The molecule has 1 aromatic carbocycles. The molecule has 1 saturated heterocycles. The molecule has 2 heterocycles.